The minimum Gasteiger partial charge on any atom is -0.256 e. The van der Waals surface area contributed by atoms with Crippen LogP contribution in [0, 0.1) is 11.7 Å². The molecule has 1 aliphatic rings. The van der Waals surface area contributed by atoms with E-state index in [9.17, 15) is 4.39 Å². The molecule has 1 aromatic carbocycles. The van der Waals surface area contributed by atoms with Gasteiger partial charge in [0.15, 0.2) is 0 Å². The molecule has 3 rings (SSSR count). The second-order valence-corrected chi connectivity index (χ2v) is 6.77. The first-order chi connectivity index (χ1) is 11.2. The molecule has 1 aliphatic carbocycles. The van der Waals surface area contributed by atoms with Gasteiger partial charge in [-0.05, 0) is 73.3 Å². The molecule has 1 nitrogen and oxygen atoms in total. The fourth-order valence-corrected chi connectivity index (χ4v) is 3.70. The quantitative estimate of drug-likeness (QED) is 0.661. The molecule has 0 aliphatic heterocycles. The number of aromatic nitrogens is 1. The van der Waals surface area contributed by atoms with Crippen LogP contribution in [0.25, 0.3) is 11.3 Å². The highest BCUT2D eigenvalue weighted by atomic mass is 19.1. The zero-order chi connectivity index (χ0) is 16.2. The number of benzene rings is 1. The van der Waals surface area contributed by atoms with Gasteiger partial charge in [0.2, 0.25) is 0 Å². The number of nitrogens with zero attached hydrogens (tertiary/aromatic N) is 1. The highest BCUT2D eigenvalue weighted by Gasteiger charge is 2.21. The maximum atomic E-state index is 14.2. The first-order valence-corrected chi connectivity index (χ1v) is 8.96. The van der Waals surface area contributed by atoms with Crippen LogP contribution >= 0.6 is 0 Å². The maximum Gasteiger partial charge on any atom is 0.132 e. The van der Waals surface area contributed by atoms with E-state index >= 15 is 0 Å². The van der Waals surface area contributed by atoms with E-state index in [0.29, 0.717) is 11.5 Å². The lowest BCUT2D eigenvalue weighted by molar-refractivity contribution is 0.318. The van der Waals surface area contributed by atoms with Gasteiger partial charge in [-0.15, -0.1) is 0 Å². The van der Waals surface area contributed by atoms with E-state index in [2.05, 4.69) is 18.0 Å². The topological polar surface area (TPSA) is 12.9 Å². The summed E-state index contributed by atoms with van der Waals surface area (Å²) < 4.78 is 14.2. The van der Waals surface area contributed by atoms with Crippen molar-refractivity contribution in [1.29, 1.82) is 0 Å². The average Bonchev–Trinajstić information content (AvgIpc) is 2.62. The van der Waals surface area contributed by atoms with Gasteiger partial charge < -0.3 is 0 Å². The molecule has 0 N–H and O–H groups in total. The monoisotopic (exact) mass is 311 g/mol. The van der Waals surface area contributed by atoms with E-state index in [-0.39, 0.29) is 5.82 Å². The van der Waals surface area contributed by atoms with Crippen molar-refractivity contribution in [3.63, 3.8) is 0 Å². The summed E-state index contributed by atoms with van der Waals surface area (Å²) >= 11 is 0. The smallest absolute Gasteiger partial charge is 0.132 e. The molecule has 0 unspecified atom stereocenters. The molecule has 0 atom stereocenters. The second-order valence-electron chi connectivity index (χ2n) is 6.77. The van der Waals surface area contributed by atoms with Crippen LogP contribution in [-0.4, -0.2) is 4.98 Å². The van der Waals surface area contributed by atoms with E-state index < -0.39 is 0 Å². The van der Waals surface area contributed by atoms with Gasteiger partial charge in [0.05, 0.1) is 5.69 Å². The van der Waals surface area contributed by atoms with Crippen LogP contribution in [0.4, 0.5) is 4.39 Å². The van der Waals surface area contributed by atoms with E-state index in [0.717, 1.165) is 23.6 Å². The number of pyridine rings is 1. The van der Waals surface area contributed by atoms with Crippen LogP contribution in [0.5, 0.6) is 0 Å². The summed E-state index contributed by atoms with van der Waals surface area (Å²) in [7, 11) is 0. The molecule has 0 radical (unpaired) electrons. The molecule has 1 fully saturated rings. The van der Waals surface area contributed by atoms with Gasteiger partial charge in [-0.2, -0.15) is 0 Å². The Hall–Kier alpha value is -1.70. The van der Waals surface area contributed by atoms with Crippen molar-refractivity contribution in [2.24, 2.45) is 5.92 Å². The Labute approximate surface area is 139 Å². The zero-order valence-corrected chi connectivity index (χ0v) is 14.2. The molecule has 0 amide bonds. The van der Waals surface area contributed by atoms with E-state index in [1.165, 1.54) is 37.7 Å². The van der Waals surface area contributed by atoms with Gasteiger partial charge in [-0.1, -0.05) is 32.4 Å². The fraction of sp³-hybridized carbons (Fsp3) is 0.476. The van der Waals surface area contributed by atoms with Crippen LogP contribution in [0.15, 0.2) is 36.5 Å². The predicted molar refractivity (Wildman–Crippen MR) is 94.0 cm³/mol. The molecule has 2 aromatic rings. The highest BCUT2D eigenvalue weighted by Crippen LogP contribution is 2.37. The standard InChI is InChI=1S/C21H26FN/c1-3-15-5-8-17(9-6-15)18-10-12-21(23-14-18)19-11-7-16(4-2)13-20(19)22/h7,10-15,17H,3-6,8-9H2,1-2H3/t15-,17-. The Morgan fingerprint density at radius 3 is 2.39 bits per heavy atom. The Balaban J connectivity index is 1.75. The highest BCUT2D eigenvalue weighted by molar-refractivity contribution is 5.60. The minimum absolute atomic E-state index is 0.173. The third-order valence-corrected chi connectivity index (χ3v) is 5.40. The number of halogens is 1. The fourth-order valence-electron chi connectivity index (χ4n) is 3.70. The average molecular weight is 311 g/mol. The lowest BCUT2D eigenvalue weighted by atomic mass is 9.78. The predicted octanol–water partition coefficient (Wildman–Crippen LogP) is 6.13. The Morgan fingerprint density at radius 1 is 1.04 bits per heavy atom. The normalized spacial score (nSPS) is 21.3. The molecule has 1 aromatic heterocycles. The van der Waals surface area contributed by atoms with E-state index in [1.807, 2.05) is 31.3 Å². The molecule has 23 heavy (non-hydrogen) atoms. The van der Waals surface area contributed by atoms with Crippen molar-refractivity contribution >= 4 is 0 Å². The second kappa shape index (κ2) is 7.25. The van der Waals surface area contributed by atoms with Crippen LogP contribution < -0.4 is 0 Å². The summed E-state index contributed by atoms with van der Waals surface area (Å²) in [5.41, 5.74) is 3.67. The molecular weight excluding hydrogens is 285 g/mol. The summed E-state index contributed by atoms with van der Waals surface area (Å²) in [5, 5.41) is 0. The minimum atomic E-state index is -0.173. The summed E-state index contributed by atoms with van der Waals surface area (Å²) in [6.45, 7) is 4.33. The Bertz CT molecular complexity index is 639. The Kier molecular flexibility index (Phi) is 5.09. The summed E-state index contributed by atoms with van der Waals surface area (Å²) in [6.07, 6.45) is 9.30. The number of rotatable bonds is 4. The van der Waals surface area contributed by atoms with Gasteiger partial charge in [0.1, 0.15) is 5.82 Å². The van der Waals surface area contributed by atoms with Crippen molar-refractivity contribution in [1.82, 2.24) is 4.98 Å². The first-order valence-electron chi connectivity index (χ1n) is 8.96. The van der Waals surface area contributed by atoms with E-state index in [1.54, 1.807) is 6.07 Å². The Morgan fingerprint density at radius 2 is 1.83 bits per heavy atom. The SMILES string of the molecule is CCc1ccc(-c2ccc([C@H]3CC[C@H](CC)CC3)cn2)c(F)c1. The van der Waals surface area contributed by atoms with Crippen LogP contribution in [0.3, 0.4) is 0 Å². The third kappa shape index (κ3) is 3.63. The van der Waals surface area contributed by atoms with E-state index in [4.69, 9.17) is 0 Å². The van der Waals surface area contributed by atoms with Crippen molar-refractivity contribution in [3.05, 3.63) is 53.5 Å². The number of hydrogen-bond acceptors (Lipinski definition) is 1. The van der Waals surface area contributed by atoms with Gasteiger partial charge >= 0.3 is 0 Å². The molecule has 122 valence electrons. The summed E-state index contributed by atoms with van der Waals surface area (Å²) in [6, 6.07) is 9.58. The van der Waals surface area contributed by atoms with Gasteiger partial charge in [0, 0.05) is 11.8 Å². The van der Waals surface area contributed by atoms with Crippen molar-refractivity contribution in [3.8, 4) is 11.3 Å². The zero-order valence-electron chi connectivity index (χ0n) is 14.2. The maximum absolute atomic E-state index is 14.2. The first kappa shape index (κ1) is 16.2. The summed E-state index contributed by atoms with van der Waals surface area (Å²) in [4.78, 5) is 4.54. The van der Waals surface area contributed by atoms with Crippen molar-refractivity contribution in [2.75, 3.05) is 0 Å². The number of aryl methyl sites for hydroxylation is 1. The number of hydrogen-bond donors (Lipinski definition) is 0. The molecule has 2 heteroatoms. The molecule has 0 saturated heterocycles. The van der Waals surface area contributed by atoms with Crippen LogP contribution in [0.1, 0.15) is 63.0 Å². The lowest BCUT2D eigenvalue weighted by Crippen LogP contribution is -2.12. The van der Waals surface area contributed by atoms with Crippen LogP contribution in [0.2, 0.25) is 0 Å². The van der Waals surface area contributed by atoms with Crippen molar-refractivity contribution in [2.45, 2.75) is 58.3 Å². The molecule has 1 heterocycles. The van der Waals surface area contributed by atoms with Crippen LogP contribution in [-0.2, 0) is 6.42 Å². The van der Waals surface area contributed by atoms with Gasteiger partial charge in [-0.3, -0.25) is 4.98 Å². The van der Waals surface area contributed by atoms with Gasteiger partial charge in [-0.25, -0.2) is 4.39 Å². The molecule has 0 bridgehead atoms. The van der Waals surface area contributed by atoms with Gasteiger partial charge in [0.25, 0.3) is 0 Å². The largest absolute Gasteiger partial charge is 0.256 e. The molecule has 1 saturated carbocycles. The third-order valence-electron chi connectivity index (χ3n) is 5.40. The van der Waals surface area contributed by atoms with Crippen molar-refractivity contribution < 1.29 is 4.39 Å². The summed E-state index contributed by atoms with van der Waals surface area (Å²) in [5.74, 6) is 1.37. The molecular formula is C21H26FN. The lowest BCUT2D eigenvalue weighted by Gasteiger charge is -2.27. The molecule has 0 spiro atoms.